The normalized spacial score (nSPS) is 15.7. The summed E-state index contributed by atoms with van der Waals surface area (Å²) in [4.78, 5) is 13.5. The van der Waals surface area contributed by atoms with E-state index in [4.69, 9.17) is 14.4 Å². The van der Waals surface area contributed by atoms with Crippen molar-refractivity contribution < 1.29 is 27.6 Å². The minimum Gasteiger partial charge on any atom is -0.475 e. The number of aryl methyl sites for hydroxylation is 1. The first-order valence-electron chi connectivity index (χ1n) is 12.2. The highest BCUT2D eigenvalue weighted by molar-refractivity contribution is 5.73. The number of carboxylic acid groups (broad SMARTS) is 1. The molecule has 9 heteroatoms. The van der Waals surface area contributed by atoms with Crippen LogP contribution in [-0.2, 0) is 17.6 Å². The summed E-state index contributed by atoms with van der Waals surface area (Å²) >= 11 is 0. The summed E-state index contributed by atoms with van der Waals surface area (Å²) in [6, 6.07) is 8.69. The molecule has 1 saturated heterocycles. The number of hydrogen-bond acceptors (Lipinski definition) is 5. The Morgan fingerprint density at radius 2 is 1.71 bits per heavy atom. The van der Waals surface area contributed by atoms with Gasteiger partial charge in [-0.3, -0.25) is 0 Å². The molecule has 2 aromatic rings. The van der Waals surface area contributed by atoms with E-state index in [-0.39, 0.29) is 0 Å². The Hall–Kier alpha value is -2.42. The lowest BCUT2D eigenvalue weighted by atomic mass is 10.0. The lowest BCUT2D eigenvalue weighted by molar-refractivity contribution is -0.192. The maximum absolute atomic E-state index is 10.6. The largest absolute Gasteiger partial charge is 0.490 e. The van der Waals surface area contributed by atoms with Crippen LogP contribution in [0.2, 0.25) is 0 Å². The summed E-state index contributed by atoms with van der Waals surface area (Å²) < 4.78 is 37.2. The number of carboxylic acids is 1. The van der Waals surface area contributed by atoms with Crippen LogP contribution in [0.5, 0.6) is 0 Å². The number of unbranched alkanes of at least 4 members (excludes halogenated alkanes) is 7. The average molecular weight is 484 g/mol. The third kappa shape index (κ3) is 10.7. The molecule has 0 bridgehead atoms. The van der Waals surface area contributed by atoms with Crippen molar-refractivity contribution in [1.29, 1.82) is 0 Å². The summed E-state index contributed by atoms with van der Waals surface area (Å²) in [7, 11) is 0. The molecule has 0 aliphatic carbocycles. The van der Waals surface area contributed by atoms with Crippen LogP contribution in [0.4, 0.5) is 13.2 Å². The van der Waals surface area contributed by atoms with Gasteiger partial charge in [0.1, 0.15) is 0 Å². The highest BCUT2D eigenvalue weighted by Crippen LogP contribution is 2.20. The summed E-state index contributed by atoms with van der Waals surface area (Å²) in [5.41, 5.74) is 2.46. The van der Waals surface area contributed by atoms with E-state index in [0.29, 0.717) is 5.92 Å². The van der Waals surface area contributed by atoms with E-state index in [1.807, 2.05) is 0 Å². The molecule has 2 N–H and O–H groups in total. The molecule has 0 spiro atoms. The van der Waals surface area contributed by atoms with E-state index < -0.39 is 12.1 Å². The first-order chi connectivity index (χ1) is 16.3. The van der Waals surface area contributed by atoms with E-state index in [1.54, 1.807) is 0 Å². The molecule has 190 valence electrons. The van der Waals surface area contributed by atoms with Gasteiger partial charge in [-0.05, 0) is 43.8 Å². The number of hydrogen-bond donors (Lipinski definition) is 2. The summed E-state index contributed by atoms with van der Waals surface area (Å²) in [6.07, 6.45) is 9.13. The predicted molar refractivity (Wildman–Crippen MR) is 124 cm³/mol. The Bertz CT molecular complexity index is 832. The van der Waals surface area contributed by atoms with Crippen LogP contribution in [0.3, 0.4) is 0 Å². The monoisotopic (exact) mass is 483 g/mol. The van der Waals surface area contributed by atoms with Crippen LogP contribution in [0, 0.1) is 5.92 Å². The first kappa shape index (κ1) is 27.8. The Labute approximate surface area is 199 Å². The fourth-order valence-electron chi connectivity index (χ4n) is 3.87. The zero-order valence-electron chi connectivity index (χ0n) is 19.9. The number of rotatable bonds is 12. The Morgan fingerprint density at radius 1 is 1.09 bits per heavy atom. The van der Waals surface area contributed by atoms with Gasteiger partial charge in [0, 0.05) is 12.0 Å². The van der Waals surface area contributed by atoms with Crippen LogP contribution in [0.1, 0.15) is 76.2 Å². The zero-order chi connectivity index (χ0) is 24.8. The van der Waals surface area contributed by atoms with E-state index >= 15 is 0 Å². The third-order valence-electron chi connectivity index (χ3n) is 5.87. The number of aliphatic carboxylic acids is 1. The average Bonchev–Trinajstić information content (AvgIpc) is 3.48. The molecule has 1 aliphatic heterocycles. The minimum atomic E-state index is -5.08. The van der Waals surface area contributed by atoms with Gasteiger partial charge in [0.2, 0.25) is 11.7 Å². The Balaban J connectivity index is 0.000000509. The van der Waals surface area contributed by atoms with Crippen molar-refractivity contribution in [1.82, 2.24) is 15.5 Å². The van der Waals surface area contributed by atoms with Crippen molar-refractivity contribution in [2.24, 2.45) is 5.92 Å². The molecule has 0 amide bonds. The number of aromatic nitrogens is 2. The van der Waals surface area contributed by atoms with E-state index in [2.05, 4.69) is 46.6 Å². The van der Waals surface area contributed by atoms with Crippen LogP contribution in [0.15, 0.2) is 28.8 Å². The first-order valence-corrected chi connectivity index (χ1v) is 12.2. The number of benzene rings is 1. The highest BCUT2D eigenvalue weighted by Gasteiger charge is 2.38. The minimum absolute atomic E-state index is 0.632. The fraction of sp³-hybridized carbons (Fsp3) is 0.640. The quantitative estimate of drug-likeness (QED) is 0.349. The van der Waals surface area contributed by atoms with Gasteiger partial charge in [-0.15, -0.1) is 0 Å². The number of halogens is 3. The molecule has 1 fully saturated rings. The highest BCUT2D eigenvalue weighted by atomic mass is 19.4. The topological polar surface area (TPSA) is 88.3 Å². The van der Waals surface area contributed by atoms with E-state index in [9.17, 15) is 13.2 Å². The summed E-state index contributed by atoms with van der Waals surface area (Å²) in [5, 5.41) is 14.7. The summed E-state index contributed by atoms with van der Waals surface area (Å²) in [5.74, 6) is -0.642. The van der Waals surface area contributed by atoms with Gasteiger partial charge in [0.25, 0.3) is 0 Å². The smallest absolute Gasteiger partial charge is 0.475 e. The second-order valence-electron chi connectivity index (χ2n) is 8.80. The second kappa shape index (κ2) is 14.8. The number of alkyl halides is 3. The fourth-order valence-corrected chi connectivity index (χ4v) is 3.87. The molecule has 1 aliphatic rings. The van der Waals surface area contributed by atoms with E-state index in [0.717, 1.165) is 36.8 Å². The van der Waals surface area contributed by atoms with Gasteiger partial charge in [-0.2, -0.15) is 18.2 Å². The van der Waals surface area contributed by atoms with Gasteiger partial charge in [-0.25, -0.2) is 4.79 Å². The molecular formula is C25H36F3N3O3. The second-order valence-corrected chi connectivity index (χ2v) is 8.80. The van der Waals surface area contributed by atoms with Crippen molar-refractivity contribution in [3.05, 3.63) is 35.7 Å². The van der Waals surface area contributed by atoms with E-state index in [1.165, 1.54) is 69.8 Å². The van der Waals surface area contributed by atoms with Crippen molar-refractivity contribution in [2.45, 2.75) is 83.7 Å². The Kier molecular flexibility index (Phi) is 12.1. The molecule has 2 heterocycles. The van der Waals surface area contributed by atoms with Crippen LogP contribution >= 0.6 is 0 Å². The Morgan fingerprint density at radius 3 is 2.26 bits per heavy atom. The van der Waals surface area contributed by atoms with Crippen molar-refractivity contribution in [3.63, 3.8) is 0 Å². The van der Waals surface area contributed by atoms with Crippen LogP contribution in [-0.4, -0.2) is 40.5 Å². The van der Waals surface area contributed by atoms with Crippen LogP contribution in [0.25, 0.3) is 11.4 Å². The molecule has 0 saturated carbocycles. The molecule has 3 rings (SSSR count). The number of nitrogens with one attached hydrogen (secondary N) is 1. The van der Waals surface area contributed by atoms with Gasteiger partial charge in [-0.1, -0.05) is 81.3 Å². The molecule has 34 heavy (non-hydrogen) atoms. The lowest BCUT2D eigenvalue weighted by Gasteiger charge is -2.03. The number of carbonyl (C=O) groups is 1. The van der Waals surface area contributed by atoms with Gasteiger partial charge in [0.15, 0.2) is 0 Å². The van der Waals surface area contributed by atoms with Gasteiger partial charge in [0.05, 0.1) is 0 Å². The molecular weight excluding hydrogens is 447 g/mol. The lowest BCUT2D eigenvalue weighted by Crippen LogP contribution is -2.21. The molecule has 1 aromatic carbocycles. The van der Waals surface area contributed by atoms with Crippen LogP contribution < -0.4 is 5.32 Å². The SMILES string of the molecule is CCCCCCCCCCc1ccc(-c2noc(C[C@@H]3CCNC3)n2)cc1.O=C(O)C(F)(F)F. The zero-order valence-corrected chi connectivity index (χ0v) is 19.9. The standard InChI is InChI=1S/C23H35N3O.C2HF3O2/c1-2-3-4-5-6-7-8-9-10-19-11-13-21(14-12-19)23-25-22(27-26-23)17-20-15-16-24-18-20;3-2(4,5)1(6)7/h11-14,20,24H,2-10,15-18H2,1H3;(H,6,7)/t20-;/m0./s1. The maximum Gasteiger partial charge on any atom is 0.490 e. The summed E-state index contributed by atoms with van der Waals surface area (Å²) in [6.45, 7) is 4.44. The molecule has 0 unspecified atom stereocenters. The molecule has 6 nitrogen and oxygen atoms in total. The third-order valence-corrected chi connectivity index (χ3v) is 5.87. The van der Waals surface area contributed by atoms with Crippen molar-refractivity contribution >= 4 is 5.97 Å². The molecule has 1 atom stereocenters. The molecule has 1 aromatic heterocycles. The van der Waals surface area contributed by atoms with Gasteiger partial charge >= 0.3 is 12.1 Å². The van der Waals surface area contributed by atoms with Crippen molar-refractivity contribution in [2.75, 3.05) is 13.1 Å². The number of nitrogens with zero attached hydrogens (tertiary/aromatic N) is 2. The van der Waals surface area contributed by atoms with Gasteiger partial charge < -0.3 is 14.9 Å². The maximum atomic E-state index is 10.6. The molecule has 0 radical (unpaired) electrons. The van der Waals surface area contributed by atoms with Crippen molar-refractivity contribution in [3.8, 4) is 11.4 Å². The predicted octanol–water partition coefficient (Wildman–Crippen LogP) is 6.21.